The Morgan fingerprint density at radius 2 is 2.04 bits per heavy atom. The van der Waals surface area contributed by atoms with E-state index in [9.17, 15) is 4.79 Å². The van der Waals surface area contributed by atoms with Crippen molar-refractivity contribution in [2.75, 3.05) is 31.5 Å². The molecule has 0 radical (unpaired) electrons. The molecule has 3 heterocycles. The molecule has 1 aliphatic rings. The zero-order valence-corrected chi connectivity index (χ0v) is 14.8. The molecular formula is C17H18N4OS2. The number of hydrogen-bond donors (Lipinski definition) is 2. The third-order valence-corrected chi connectivity index (χ3v) is 6.02. The van der Waals surface area contributed by atoms with Crippen LogP contribution in [-0.2, 0) is 0 Å². The second-order valence-electron chi connectivity index (χ2n) is 5.69. The summed E-state index contributed by atoms with van der Waals surface area (Å²) < 4.78 is 1.06. The van der Waals surface area contributed by atoms with E-state index >= 15 is 0 Å². The monoisotopic (exact) mass is 358 g/mol. The van der Waals surface area contributed by atoms with Crippen molar-refractivity contribution >= 4 is 48.9 Å². The highest BCUT2D eigenvalue weighted by atomic mass is 32.1. The van der Waals surface area contributed by atoms with Gasteiger partial charge in [-0.2, -0.15) is 0 Å². The Labute approximate surface area is 148 Å². The molecule has 0 aliphatic carbocycles. The lowest BCUT2D eigenvalue weighted by Crippen LogP contribution is -2.33. The molecule has 7 heteroatoms. The number of thiophene rings is 1. The van der Waals surface area contributed by atoms with Gasteiger partial charge in [-0.05, 0) is 31.2 Å². The van der Waals surface area contributed by atoms with Gasteiger partial charge in [0, 0.05) is 25.3 Å². The predicted molar refractivity (Wildman–Crippen MR) is 101 cm³/mol. The lowest BCUT2D eigenvalue weighted by molar-refractivity contribution is 0.0771. The van der Waals surface area contributed by atoms with E-state index in [1.54, 1.807) is 11.3 Å². The van der Waals surface area contributed by atoms with Crippen LogP contribution in [0.4, 0.5) is 10.8 Å². The number of thiazole rings is 1. The Hall–Kier alpha value is -1.96. The lowest BCUT2D eigenvalue weighted by atomic mass is 10.3. The normalized spacial score (nSPS) is 15.4. The summed E-state index contributed by atoms with van der Waals surface area (Å²) in [5, 5.41) is 7.50. The maximum absolute atomic E-state index is 12.7. The minimum Gasteiger partial charge on any atom is -0.337 e. The van der Waals surface area contributed by atoms with Crippen LogP contribution in [0.1, 0.15) is 16.1 Å². The fourth-order valence-electron chi connectivity index (χ4n) is 2.74. The van der Waals surface area contributed by atoms with Crippen LogP contribution in [0.15, 0.2) is 36.4 Å². The number of nitrogens with zero attached hydrogens (tertiary/aromatic N) is 2. The maximum atomic E-state index is 12.7. The molecule has 1 aliphatic heterocycles. The molecule has 4 rings (SSSR count). The topological polar surface area (TPSA) is 57.3 Å². The number of carbonyl (C=O) groups excluding carboxylic acids is 1. The van der Waals surface area contributed by atoms with Crippen LogP contribution in [0.25, 0.3) is 9.53 Å². The van der Waals surface area contributed by atoms with E-state index in [2.05, 4.69) is 15.6 Å². The SMILES string of the molecule is O=C(c1cc2sc(Nc3ccccc3)nc2s1)N1CCCNCC1. The van der Waals surface area contributed by atoms with E-state index in [-0.39, 0.29) is 5.91 Å². The van der Waals surface area contributed by atoms with E-state index in [1.165, 1.54) is 11.3 Å². The Morgan fingerprint density at radius 1 is 1.17 bits per heavy atom. The number of carbonyl (C=O) groups is 1. The number of anilines is 2. The summed E-state index contributed by atoms with van der Waals surface area (Å²) >= 11 is 3.07. The quantitative estimate of drug-likeness (QED) is 0.752. The molecule has 0 saturated carbocycles. The van der Waals surface area contributed by atoms with Crippen molar-refractivity contribution in [2.45, 2.75) is 6.42 Å². The molecule has 1 saturated heterocycles. The van der Waals surface area contributed by atoms with Gasteiger partial charge in [0.15, 0.2) is 5.13 Å². The van der Waals surface area contributed by atoms with Crippen LogP contribution in [0.2, 0.25) is 0 Å². The van der Waals surface area contributed by atoms with Crippen LogP contribution < -0.4 is 10.6 Å². The number of benzene rings is 1. The Kier molecular flexibility index (Phi) is 4.46. The van der Waals surface area contributed by atoms with Crippen LogP contribution >= 0.6 is 22.7 Å². The van der Waals surface area contributed by atoms with Crippen LogP contribution in [-0.4, -0.2) is 42.0 Å². The maximum Gasteiger partial charge on any atom is 0.264 e. The summed E-state index contributed by atoms with van der Waals surface area (Å²) in [6.45, 7) is 3.46. The van der Waals surface area contributed by atoms with Gasteiger partial charge in [-0.1, -0.05) is 29.5 Å². The molecule has 1 amide bonds. The Balaban J connectivity index is 1.52. The summed E-state index contributed by atoms with van der Waals surface area (Å²) in [6.07, 6.45) is 1.01. The van der Waals surface area contributed by atoms with Gasteiger partial charge in [0.25, 0.3) is 5.91 Å². The largest absolute Gasteiger partial charge is 0.337 e. The number of aromatic nitrogens is 1. The molecule has 2 aromatic heterocycles. The second-order valence-corrected chi connectivity index (χ2v) is 7.75. The zero-order chi connectivity index (χ0) is 16.4. The number of rotatable bonds is 3. The number of para-hydroxylation sites is 1. The molecule has 0 atom stereocenters. The number of hydrogen-bond acceptors (Lipinski definition) is 6. The van der Waals surface area contributed by atoms with Gasteiger partial charge in [0.1, 0.15) is 4.83 Å². The minimum absolute atomic E-state index is 0.131. The van der Waals surface area contributed by atoms with Crippen molar-refractivity contribution in [3.05, 3.63) is 41.3 Å². The smallest absolute Gasteiger partial charge is 0.264 e. The van der Waals surface area contributed by atoms with E-state index in [0.29, 0.717) is 0 Å². The molecule has 24 heavy (non-hydrogen) atoms. The first kappa shape index (κ1) is 15.6. The van der Waals surface area contributed by atoms with Gasteiger partial charge in [-0.25, -0.2) is 4.98 Å². The van der Waals surface area contributed by atoms with Crippen molar-refractivity contribution in [1.29, 1.82) is 0 Å². The molecule has 1 fully saturated rings. The van der Waals surface area contributed by atoms with Crippen molar-refractivity contribution in [3.8, 4) is 0 Å². The van der Waals surface area contributed by atoms with Crippen molar-refractivity contribution in [1.82, 2.24) is 15.2 Å². The standard InChI is InChI=1S/C17H18N4OS2/c22-16(21-9-4-7-18-8-10-21)14-11-13-15(23-14)20-17(24-13)19-12-5-2-1-3-6-12/h1-3,5-6,11,18H,4,7-10H2,(H,19,20). The fourth-order valence-corrected chi connectivity index (χ4v) is 4.85. The van der Waals surface area contributed by atoms with Gasteiger partial charge in [0.2, 0.25) is 0 Å². The summed E-state index contributed by atoms with van der Waals surface area (Å²) in [5.41, 5.74) is 1.02. The molecular weight excluding hydrogens is 340 g/mol. The average Bonchev–Trinajstić information content (AvgIpc) is 3.02. The molecule has 2 N–H and O–H groups in total. The third-order valence-electron chi connectivity index (χ3n) is 3.95. The Bertz CT molecular complexity index is 803. The first-order valence-electron chi connectivity index (χ1n) is 8.02. The van der Waals surface area contributed by atoms with E-state index in [0.717, 1.165) is 57.8 Å². The van der Waals surface area contributed by atoms with Gasteiger partial charge >= 0.3 is 0 Å². The molecule has 0 bridgehead atoms. The number of fused-ring (bicyclic) bond motifs is 1. The summed E-state index contributed by atoms with van der Waals surface area (Å²) in [7, 11) is 0. The van der Waals surface area contributed by atoms with Crippen LogP contribution in [0.5, 0.6) is 0 Å². The second kappa shape index (κ2) is 6.88. The lowest BCUT2D eigenvalue weighted by Gasteiger charge is -2.18. The van der Waals surface area contributed by atoms with Crippen LogP contribution in [0.3, 0.4) is 0 Å². The van der Waals surface area contributed by atoms with Gasteiger partial charge < -0.3 is 15.5 Å². The molecule has 0 unspecified atom stereocenters. The zero-order valence-electron chi connectivity index (χ0n) is 13.1. The van der Waals surface area contributed by atoms with Gasteiger partial charge in [0.05, 0.1) is 9.58 Å². The first-order valence-corrected chi connectivity index (χ1v) is 9.65. The average molecular weight is 358 g/mol. The molecule has 5 nitrogen and oxygen atoms in total. The van der Waals surface area contributed by atoms with Crippen molar-refractivity contribution < 1.29 is 4.79 Å². The molecule has 1 aromatic carbocycles. The van der Waals surface area contributed by atoms with E-state index < -0.39 is 0 Å². The summed E-state index contributed by atoms with van der Waals surface area (Å²) in [6, 6.07) is 12.0. The first-order chi connectivity index (χ1) is 11.8. The summed E-state index contributed by atoms with van der Waals surface area (Å²) in [4.78, 5) is 20.9. The van der Waals surface area contributed by atoms with Crippen molar-refractivity contribution in [2.24, 2.45) is 0 Å². The van der Waals surface area contributed by atoms with E-state index in [1.807, 2.05) is 41.3 Å². The number of amides is 1. The van der Waals surface area contributed by atoms with Crippen molar-refractivity contribution in [3.63, 3.8) is 0 Å². The fraction of sp³-hybridized carbons (Fsp3) is 0.294. The third kappa shape index (κ3) is 3.28. The van der Waals surface area contributed by atoms with Crippen LogP contribution in [0, 0.1) is 0 Å². The predicted octanol–water partition coefficient (Wildman–Crippen LogP) is 3.54. The highest BCUT2D eigenvalue weighted by molar-refractivity contribution is 7.29. The Morgan fingerprint density at radius 3 is 2.88 bits per heavy atom. The number of nitrogens with one attached hydrogen (secondary N) is 2. The minimum atomic E-state index is 0.131. The molecule has 0 spiro atoms. The summed E-state index contributed by atoms with van der Waals surface area (Å²) in [5.74, 6) is 0.131. The highest BCUT2D eigenvalue weighted by Gasteiger charge is 2.20. The molecule has 124 valence electrons. The highest BCUT2D eigenvalue weighted by Crippen LogP contribution is 2.34. The van der Waals surface area contributed by atoms with E-state index in [4.69, 9.17) is 0 Å². The van der Waals surface area contributed by atoms with Gasteiger partial charge in [-0.3, -0.25) is 4.79 Å². The van der Waals surface area contributed by atoms with Gasteiger partial charge in [-0.15, -0.1) is 11.3 Å². The molecule has 3 aromatic rings.